The first-order chi connectivity index (χ1) is 6.66. The molecule has 0 aromatic carbocycles. The van der Waals surface area contributed by atoms with Crippen LogP contribution in [0.5, 0.6) is 0 Å². The monoisotopic (exact) mass is 191 g/mol. The molecule has 0 radical (unpaired) electrons. The van der Waals surface area contributed by atoms with Crippen LogP contribution in [0.15, 0.2) is 12.4 Å². The van der Waals surface area contributed by atoms with Crippen molar-refractivity contribution in [2.45, 2.75) is 13.3 Å². The van der Waals surface area contributed by atoms with E-state index >= 15 is 0 Å². The Labute approximate surface area is 79.8 Å². The maximum absolute atomic E-state index is 10.4. The van der Waals surface area contributed by atoms with Crippen LogP contribution in [0.3, 0.4) is 0 Å². The van der Waals surface area contributed by atoms with Crippen LogP contribution in [0, 0.1) is 6.92 Å². The van der Waals surface area contributed by atoms with E-state index in [-0.39, 0.29) is 6.42 Å². The predicted octanol–water partition coefficient (Wildman–Crippen LogP) is 0.893. The SMILES string of the molecule is Cc1c[nH]c2nc(CC(=O)O)ncc12. The lowest BCUT2D eigenvalue weighted by Gasteiger charge is -1.95. The molecule has 5 heteroatoms. The van der Waals surface area contributed by atoms with Crippen LogP contribution in [-0.2, 0) is 11.2 Å². The quantitative estimate of drug-likeness (QED) is 0.738. The van der Waals surface area contributed by atoms with Gasteiger partial charge in [-0.05, 0) is 12.5 Å². The lowest BCUT2D eigenvalue weighted by atomic mass is 10.3. The van der Waals surface area contributed by atoms with Crippen molar-refractivity contribution in [1.29, 1.82) is 0 Å². The van der Waals surface area contributed by atoms with Crippen LogP contribution >= 0.6 is 0 Å². The number of H-pyrrole nitrogens is 1. The molecule has 0 amide bonds. The number of aromatic amines is 1. The topological polar surface area (TPSA) is 78.9 Å². The van der Waals surface area contributed by atoms with Gasteiger partial charge in [0.2, 0.25) is 0 Å². The van der Waals surface area contributed by atoms with E-state index in [1.165, 1.54) is 0 Å². The fourth-order valence-corrected chi connectivity index (χ4v) is 1.29. The Morgan fingerprint density at radius 1 is 1.64 bits per heavy atom. The average Bonchev–Trinajstić information content (AvgIpc) is 2.46. The Bertz CT molecular complexity index is 490. The predicted molar refractivity (Wildman–Crippen MR) is 50.0 cm³/mol. The van der Waals surface area contributed by atoms with Gasteiger partial charge in [-0.1, -0.05) is 0 Å². The second-order valence-corrected chi connectivity index (χ2v) is 3.09. The minimum atomic E-state index is -0.923. The summed E-state index contributed by atoms with van der Waals surface area (Å²) in [5, 5.41) is 9.48. The van der Waals surface area contributed by atoms with Gasteiger partial charge >= 0.3 is 5.97 Å². The van der Waals surface area contributed by atoms with Crippen LogP contribution in [-0.4, -0.2) is 26.0 Å². The van der Waals surface area contributed by atoms with Crippen molar-refractivity contribution in [2.75, 3.05) is 0 Å². The first-order valence-corrected chi connectivity index (χ1v) is 4.18. The van der Waals surface area contributed by atoms with E-state index in [1.807, 2.05) is 13.1 Å². The van der Waals surface area contributed by atoms with Gasteiger partial charge < -0.3 is 10.1 Å². The maximum atomic E-state index is 10.4. The Morgan fingerprint density at radius 2 is 2.43 bits per heavy atom. The molecule has 0 unspecified atom stereocenters. The first-order valence-electron chi connectivity index (χ1n) is 4.18. The van der Waals surface area contributed by atoms with E-state index in [0.29, 0.717) is 11.5 Å². The van der Waals surface area contributed by atoms with Gasteiger partial charge in [-0.15, -0.1) is 0 Å². The summed E-state index contributed by atoms with van der Waals surface area (Å²) in [6.45, 7) is 1.94. The van der Waals surface area contributed by atoms with Gasteiger partial charge in [0.25, 0.3) is 0 Å². The van der Waals surface area contributed by atoms with Gasteiger partial charge in [-0.2, -0.15) is 0 Å². The van der Waals surface area contributed by atoms with E-state index < -0.39 is 5.97 Å². The zero-order valence-corrected chi connectivity index (χ0v) is 7.61. The summed E-state index contributed by atoms with van der Waals surface area (Å²) in [5.41, 5.74) is 1.75. The number of carboxylic acid groups (broad SMARTS) is 1. The fraction of sp³-hybridized carbons (Fsp3) is 0.222. The number of carboxylic acids is 1. The van der Waals surface area contributed by atoms with Crippen molar-refractivity contribution < 1.29 is 9.90 Å². The van der Waals surface area contributed by atoms with Gasteiger partial charge in [0.1, 0.15) is 17.9 Å². The third-order valence-electron chi connectivity index (χ3n) is 2.00. The van der Waals surface area contributed by atoms with Crippen LogP contribution in [0.2, 0.25) is 0 Å². The Morgan fingerprint density at radius 3 is 3.14 bits per heavy atom. The number of carbonyl (C=O) groups is 1. The number of fused-ring (bicyclic) bond motifs is 1. The number of hydrogen-bond acceptors (Lipinski definition) is 3. The minimum Gasteiger partial charge on any atom is -0.481 e. The van der Waals surface area contributed by atoms with Gasteiger partial charge in [-0.3, -0.25) is 4.79 Å². The lowest BCUT2D eigenvalue weighted by Crippen LogP contribution is -2.04. The highest BCUT2D eigenvalue weighted by Gasteiger charge is 2.06. The molecule has 2 N–H and O–H groups in total. The van der Waals surface area contributed by atoms with Crippen LogP contribution in [0.25, 0.3) is 11.0 Å². The average molecular weight is 191 g/mol. The van der Waals surface area contributed by atoms with Gasteiger partial charge in [0.15, 0.2) is 0 Å². The van der Waals surface area contributed by atoms with Gasteiger partial charge in [0, 0.05) is 17.8 Å². The minimum absolute atomic E-state index is 0.145. The number of rotatable bonds is 2. The summed E-state index contributed by atoms with van der Waals surface area (Å²) < 4.78 is 0. The lowest BCUT2D eigenvalue weighted by molar-refractivity contribution is -0.136. The van der Waals surface area contributed by atoms with Crippen molar-refractivity contribution in [1.82, 2.24) is 15.0 Å². The van der Waals surface area contributed by atoms with Crippen LogP contribution in [0.4, 0.5) is 0 Å². The van der Waals surface area contributed by atoms with E-state index in [0.717, 1.165) is 10.9 Å². The van der Waals surface area contributed by atoms with Gasteiger partial charge in [-0.25, -0.2) is 9.97 Å². The molecule has 5 nitrogen and oxygen atoms in total. The third kappa shape index (κ3) is 1.44. The molecule has 0 saturated carbocycles. The summed E-state index contributed by atoms with van der Waals surface area (Å²) >= 11 is 0. The number of hydrogen-bond donors (Lipinski definition) is 2. The molecule has 2 aromatic heterocycles. The number of nitrogens with zero attached hydrogens (tertiary/aromatic N) is 2. The standard InChI is InChI=1S/C9H9N3O2/c1-5-3-11-9-6(5)4-10-7(12-9)2-8(13)14/h3-4H,2H2,1H3,(H,13,14)(H,10,11,12). The molecular formula is C9H9N3O2. The summed E-state index contributed by atoms with van der Waals surface area (Å²) in [6.07, 6.45) is 3.32. The number of nitrogens with one attached hydrogen (secondary N) is 1. The largest absolute Gasteiger partial charge is 0.481 e. The molecule has 0 atom stereocenters. The number of aliphatic carboxylic acids is 1. The molecular weight excluding hydrogens is 182 g/mol. The van der Waals surface area contributed by atoms with E-state index in [2.05, 4.69) is 15.0 Å². The molecule has 0 aliphatic carbocycles. The van der Waals surface area contributed by atoms with Crippen LogP contribution in [0.1, 0.15) is 11.4 Å². The molecule has 2 rings (SSSR count). The number of aryl methyl sites for hydroxylation is 1. The molecule has 14 heavy (non-hydrogen) atoms. The van der Waals surface area contributed by atoms with Crippen molar-refractivity contribution in [3.8, 4) is 0 Å². The van der Waals surface area contributed by atoms with E-state index in [9.17, 15) is 4.79 Å². The van der Waals surface area contributed by atoms with Gasteiger partial charge in [0.05, 0.1) is 0 Å². The Hall–Kier alpha value is -1.91. The molecule has 72 valence electrons. The molecule has 0 aliphatic rings. The summed E-state index contributed by atoms with van der Waals surface area (Å²) in [7, 11) is 0. The highest BCUT2D eigenvalue weighted by Crippen LogP contribution is 2.13. The van der Waals surface area contributed by atoms with Crippen molar-refractivity contribution in [3.05, 3.63) is 23.8 Å². The zero-order valence-electron chi connectivity index (χ0n) is 7.61. The third-order valence-corrected chi connectivity index (χ3v) is 2.00. The number of aromatic nitrogens is 3. The van der Waals surface area contributed by atoms with Crippen molar-refractivity contribution in [2.24, 2.45) is 0 Å². The Kier molecular flexibility index (Phi) is 1.92. The zero-order chi connectivity index (χ0) is 10.1. The van der Waals surface area contributed by atoms with Crippen molar-refractivity contribution in [3.63, 3.8) is 0 Å². The summed E-state index contributed by atoms with van der Waals surface area (Å²) in [6, 6.07) is 0. The van der Waals surface area contributed by atoms with E-state index in [4.69, 9.17) is 5.11 Å². The second kappa shape index (κ2) is 3.10. The second-order valence-electron chi connectivity index (χ2n) is 3.09. The molecule has 0 bridgehead atoms. The molecule has 0 spiro atoms. The highest BCUT2D eigenvalue weighted by atomic mass is 16.4. The molecule has 2 heterocycles. The smallest absolute Gasteiger partial charge is 0.311 e. The molecule has 0 fully saturated rings. The fourth-order valence-electron chi connectivity index (χ4n) is 1.29. The normalized spacial score (nSPS) is 10.6. The molecule has 0 aliphatic heterocycles. The summed E-state index contributed by atoms with van der Waals surface area (Å²) in [5.74, 6) is -0.598. The molecule has 2 aromatic rings. The highest BCUT2D eigenvalue weighted by molar-refractivity contribution is 5.79. The maximum Gasteiger partial charge on any atom is 0.311 e. The van der Waals surface area contributed by atoms with Crippen molar-refractivity contribution >= 4 is 17.0 Å². The molecule has 0 saturated heterocycles. The summed E-state index contributed by atoms with van der Waals surface area (Å²) in [4.78, 5) is 21.4. The Balaban J connectivity index is 2.46. The van der Waals surface area contributed by atoms with Crippen LogP contribution < -0.4 is 0 Å². The van der Waals surface area contributed by atoms with E-state index in [1.54, 1.807) is 6.20 Å². The first kappa shape index (κ1) is 8.68.